The Balaban J connectivity index is 2.48. The van der Waals surface area contributed by atoms with E-state index in [1.165, 1.54) is 0 Å². The van der Waals surface area contributed by atoms with E-state index in [4.69, 9.17) is 16.7 Å². The summed E-state index contributed by atoms with van der Waals surface area (Å²) in [5.41, 5.74) is 2.23. The van der Waals surface area contributed by atoms with E-state index in [1.54, 1.807) is 12.1 Å². The quantitative estimate of drug-likeness (QED) is 0.871. The van der Waals surface area contributed by atoms with Crippen LogP contribution in [0.5, 0.6) is 0 Å². The highest BCUT2D eigenvalue weighted by molar-refractivity contribution is 6.35. The van der Waals surface area contributed by atoms with Crippen molar-refractivity contribution in [3.8, 4) is 11.1 Å². The number of hydrogen-bond donors (Lipinski definition) is 1. The number of aliphatic carboxylic acids is 1. The lowest BCUT2D eigenvalue weighted by Crippen LogP contribution is -2.15. The smallest absolute Gasteiger partial charge is 0.372 e. The molecule has 0 atom stereocenters. The summed E-state index contributed by atoms with van der Waals surface area (Å²) >= 11 is 6.08. The number of carbonyl (C=O) groups excluding carboxylic acids is 1. The Hall–Kier alpha value is -2.13. The van der Waals surface area contributed by atoms with Crippen LogP contribution < -0.4 is 0 Å². The van der Waals surface area contributed by atoms with Crippen molar-refractivity contribution in [3.05, 3.63) is 59.1 Å². The molecule has 1 N–H and O–H groups in total. The minimum Gasteiger partial charge on any atom is -0.475 e. The highest BCUT2D eigenvalue weighted by atomic mass is 35.5. The van der Waals surface area contributed by atoms with Crippen LogP contribution in [-0.2, 0) is 16.0 Å². The van der Waals surface area contributed by atoms with Crippen LogP contribution in [0.15, 0.2) is 48.5 Å². The van der Waals surface area contributed by atoms with Gasteiger partial charge >= 0.3 is 5.97 Å². The summed E-state index contributed by atoms with van der Waals surface area (Å²) in [4.78, 5) is 22.1. The second-order valence-electron chi connectivity index (χ2n) is 4.04. The largest absolute Gasteiger partial charge is 0.475 e. The molecule has 0 heterocycles. The normalized spacial score (nSPS) is 10.2. The van der Waals surface area contributed by atoms with Crippen molar-refractivity contribution in [2.45, 2.75) is 6.42 Å². The fraction of sp³-hybridized carbons (Fsp3) is 0.0667. The van der Waals surface area contributed by atoms with Crippen molar-refractivity contribution in [1.82, 2.24) is 0 Å². The number of ketones is 1. The molecule has 0 aliphatic carbocycles. The number of halogens is 1. The Bertz CT molecular complexity index is 621. The van der Waals surface area contributed by atoms with E-state index in [-0.39, 0.29) is 6.42 Å². The molecule has 0 aliphatic rings. The molecule has 0 aliphatic heterocycles. The van der Waals surface area contributed by atoms with Gasteiger partial charge in [-0.3, -0.25) is 4.79 Å². The zero-order valence-corrected chi connectivity index (χ0v) is 10.7. The van der Waals surface area contributed by atoms with Crippen LogP contribution in [0, 0.1) is 0 Å². The van der Waals surface area contributed by atoms with Gasteiger partial charge in [-0.25, -0.2) is 4.79 Å². The minimum atomic E-state index is -1.45. The van der Waals surface area contributed by atoms with Gasteiger partial charge in [0.25, 0.3) is 0 Å². The van der Waals surface area contributed by atoms with Crippen LogP contribution in [0.4, 0.5) is 0 Å². The topological polar surface area (TPSA) is 54.4 Å². The summed E-state index contributed by atoms with van der Waals surface area (Å²) in [6.45, 7) is 0. The first kappa shape index (κ1) is 13.3. The number of rotatable bonds is 4. The van der Waals surface area contributed by atoms with Gasteiger partial charge in [-0.1, -0.05) is 54.1 Å². The fourth-order valence-corrected chi connectivity index (χ4v) is 2.10. The highest BCUT2D eigenvalue weighted by Crippen LogP contribution is 2.29. The molecule has 0 aromatic heterocycles. The van der Waals surface area contributed by atoms with E-state index in [1.807, 2.05) is 36.4 Å². The van der Waals surface area contributed by atoms with Crippen LogP contribution >= 0.6 is 11.6 Å². The Morgan fingerprint density at radius 2 is 1.68 bits per heavy atom. The molecule has 0 fully saturated rings. The minimum absolute atomic E-state index is 0.209. The van der Waals surface area contributed by atoms with Crippen LogP contribution in [0.2, 0.25) is 5.02 Å². The molecule has 4 heteroatoms. The predicted octanol–water partition coefficient (Wildman–Crippen LogP) is 3.20. The van der Waals surface area contributed by atoms with Crippen LogP contribution in [0.25, 0.3) is 11.1 Å². The number of carboxylic acids is 1. The van der Waals surface area contributed by atoms with Gasteiger partial charge in [0.05, 0.1) is 0 Å². The zero-order chi connectivity index (χ0) is 13.8. The van der Waals surface area contributed by atoms with Gasteiger partial charge in [-0.2, -0.15) is 0 Å². The van der Waals surface area contributed by atoms with Gasteiger partial charge < -0.3 is 5.11 Å². The molecular weight excluding hydrogens is 264 g/mol. The fourth-order valence-electron chi connectivity index (χ4n) is 1.86. The molecule has 0 spiro atoms. The van der Waals surface area contributed by atoms with E-state index in [0.29, 0.717) is 10.6 Å². The van der Waals surface area contributed by atoms with Gasteiger partial charge in [0.1, 0.15) is 0 Å². The van der Waals surface area contributed by atoms with Crippen molar-refractivity contribution in [1.29, 1.82) is 0 Å². The molecule has 0 amide bonds. The highest BCUT2D eigenvalue weighted by Gasteiger charge is 2.17. The van der Waals surface area contributed by atoms with Gasteiger partial charge in [-0.15, -0.1) is 0 Å². The molecule has 19 heavy (non-hydrogen) atoms. The summed E-state index contributed by atoms with van der Waals surface area (Å²) < 4.78 is 0. The lowest BCUT2D eigenvalue weighted by molar-refractivity contribution is -0.148. The summed E-state index contributed by atoms with van der Waals surface area (Å²) in [5.74, 6) is -2.32. The Labute approximate surface area is 115 Å². The summed E-state index contributed by atoms with van der Waals surface area (Å²) in [7, 11) is 0. The van der Waals surface area contributed by atoms with Crippen molar-refractivity contribution < 1.29 is 14.7 Å². The predicted molar refractivity (Wildman–Crippen MR) is 73.2 cm³/mol. The molecule has 96 valence electrons. The second-order valence-corrected chi connectivity index (χ2v) is 4.44. The summed E-state index contributed by atoms with van der Waals surface area (Å²) in [6.07, 6.45) is -0.209. The lowest BCUT2D eigenvalue weighted by Gasteiger charge is -2.10. The van der Waals surface area contributed by atoms with Crippen molar-refractivity contribution in [2.75, 3.05) is 0 Å². The molecule has 3 nitrogen and oxygen atoms in total. The van der Waals surface area contributed by atoms with E-state index in [9.17, 15) is 9.59 Å². The molecule has 0 saturated heterocycles. The molecular formula is C15H11ClO3. The number of Topliss-reactive ketones (excluding diaryl/α,β-unsaturated/α-hetero) is 1. The monoisotopic (exact) mass is 274 g/mol. The first-order valence-electron chi connectivity index (χ1n) is 5.68. The van der Waals surface area contributed by atoms with Crippen LogP contribution in [-0.4, -0.2) is 16.9 Å². The average molecular weight is 275 g/mol. The van der Waals surface area contributed by atoms with Crippen LogP contribution in [0.1, 0.15) is 5.56 Å². The molecule has 2 aromatic carbocycles. The van der Waals surface area contributed by atoms with E-state index >= 15 is 0 Å². The molecule has 2 rings (SSSR count). The third-order valence-electron chi connectivity index (χ3n) is 2.78. The first-order valence-corrected chi connectivity index (χ1v) is 6.06. The van der Waals surface area contributed by atoms with Crippen molar-refractivity contribution in [2.24, 2.45) is 0 Å². The SMILES string of the molecule is O=C(O)C(=O)Cc1c(Cl)cccc1-c1ccccc1. The number of carboxylic acid groups (broad SMARTS) is 1. The third kappa shape index (κ3) is 3.01. The van der Waals surface area contributed by atoms with Gasteiger partial charge in [0.2, 0.25) is 5.78 Å². The maximum absolute atomic E-state index is 11.4. The maximum atomic E-state index is 11.4. The summed E-state index contributed by atoms with van der Waals surface area (Å²) in [5, 5.41) is 9.10. The lowest BCUT2D eigenvalue weighted by atomic mass is 9.96. The van der Waals surface area contributed by atoms with Crippen molar-refractivity contribution >= 4 is 23.4 Å². The van der Waals surface area contributed by atoms with Crippen LogP contribution in [0.3, 0.4) is 0 Å². The standard InChI is InChI=1S/C15H11ClO3/c16-13-8-4-7-11(10-5-2-1-3-6-10)12(13)9-14(17)15(18)19/h1-8H,9H2,(H,18,19). The first-order chi connectivity index (χ1) is 9.09. The van der Waals surface area contributed by atoms with Crippen molar-refractivity contribution in [3.63, 3.8) is 0 Å². The third-order valence-corrected chi connectivity index (χ3v) is 3.13. The molecule has 0 bridgehead atoms. The summed E-state index contributed by atoms with van der Waals surface area (Å²) in [6, 6.07) is 14.7. The number of benzene rings is 2. The molecule has 2 aromatic rings. The molecule has 0 radical (unpaired) electrons. The van der Waals surface area contributed by atoms with E-state index in [2.05, 4.69) is 0 Å². The van der Waals surface area contributed by atoms with Gasteiger partial charge in [-0.05, 0) is 22.8 Å². The maximum Gasteiger partial charge on any atom is 0.372 e. The van der Waals surface area contributed by atoms with E-state index in [0.717, 1.165) is 11.1 Å². The second kappa shape index (κ2) is 5.67. The molecule has 0 unspecified atom stereocenters. The Morgan fingerprint density at radius 1 is 1.00 bits per heavy atom. The van der Waals surface area contributed by atoms with Gasteiger partial charge in [0.15, 0.2) is 0 Å². The van der Waals surface area contributed by atoms with Gasteiger partial charge in [0, 0.05) is 11.4 Å². The Morgan fingerprint density at radius 3 is 2.32 bits per heavy atom. The Kier molecular flexibility index (Phi) is 3.97. The number of carbonyl (C=O) groups is 2. The number of hydrogen-bond acceptors (Lipinski definition) is 2. The molecule has 0 saturated carbocycles. The zero-order valence-electron chi connectivity index (χ0n) is 9.97. The average Bonchev–Trinajstić information content (AvgIpc) is 2.41. The van der Waals surface area contributed by atoms with E-state index < -0.39 is 11.8 Å².